The Morgan fingerprint density at radius 3 is 1.40 bits per heavy atom. The van der Waals surface area contributed by atoms with E-state index in [0.717, 1.165) is 41.9 Å². The molecular formula is C21H13F6I2S+. The van der Waals surface area contributed by atoms with E-state index in [1.165, 1.54) is 24.3 Å². The van der Waals surface area contributed by atoms with Gasteiger partial charge in [0.2, 0.25) is 0 Å². The molecule has 0 nitrogen and oxygen atoms in total. The average Bonchev–Trinajstić information content (AvgIpc) is 2.63. The molecule has 0 atom stereocenters. The molecule has 30 heavy (non-hydrogen) atoms. The lowest BCUT2D eigenvalue weighted by molar-refractivity contribution is -0.138. The summed E-state index contributed by atoms with van der Waals surface area (Å²) >= 11 is 4.34. The zero-order chi connectivity index (χ0) is 22.3. The number of hydrogen-bond donors (Lipinski definition) is 0. The van der Waals surface area contributed by atoms with Crippen LogP contribution in [0.15, 0.2) is 75.4 Å². The minimum Gasteiger partial charge on any atom is -0.166 e. The Bertz CT molecular complexity index is 961. The normalized spacial score (nSPS) is 12.5. The van der Waals surface area contributed by atoms with Crippen molar-refractivity contribution < 1.29 is 26.3 Å². The van der Waals surface area contributed by atoms with Crippen molar-refractivity contribution in [2.75, 3.05) is 0 Å². The van der Waals surface area contributed by atoms with Crippen LogP contribution in [0.3, 0.4) is 0 Å². The summed E-state index contributed by atoms with van der Waals surface area (Å²) in [6.45, 7) is 1.90. The molecule has 0 aliphatic carbocycles. The summed E-state index contributed by atoms with van der Waals surface area (Å²) in [5.41, 5.74) is -0.609. The zero-order valence-electron chi connectivity index (χ0n) is 15.2. The third-order valence-electron chi connectivity index (χ3n) is 4.23. The molecule has 9 heteroatoms. The van der Waals surface area contributed by atoms with Crippen molar-refractivity contribution in [3.05, 3.63) is 84.5 Å². The van der Waals surface area contributed by atoms with Crippen molar-refractivity contribution in [2.45, 2.75) is 34.0 Å². The summed E-state index contributed by atoms with van der Waals surface area (Å²) in [5, 5.41) is 0. The van der Waals surface area contributed by atoms with Crippen LogP contribution in [0.2, 0.25) is 0 Å². The zero-order valence-corrected chi connectivity index (χ0v) is 20.3. The van der Waals surface area contributed by atoms with Gasteiger partial charge in [0.25, 0.3) is 0 Å². The number of alkyl halides is 6. The number of benzene rings is 3. The highest BCUT2D eigenvalue weighted by Crippen LogP contribution is 2.39. The van der Waals surface area contributed by atoms with Crippen LogP contribution < -0.4 is 0 Å². The molecule has 0 saturated carbocycles. The van der Waals surface area contributed by atoms with Gasteiger partial charge in [-0.1, -0.05) is 0 Å². The highest BCUT2D eigenvalue weighted by Gasteiger charge is 2.37. The third-order valence-corrected chi connectivity index (χ3v) is 8.51. The molecule has 0 unspecified atom stereocenters. The molecule has 0 fully saturated rings. The highest BCUT2D eigenvalue weighted by molar-refractivity contribution is 14.1. The summed E-state index contributed by atoms with van der Waals surface area (Å²) in [7, 11) is -0.862. The highest BCUT2D eigenvalue weighted by atomic mass is 127. The van der Waals surface area contributed by atoms with Gasteiger partial charge in [0.1, 0.15) is 10.9 Å². The maximum atomic E-state index is 13.0. The van der Waals surface area contributed by atoms with E-state index in [9.17, 15) is 26.3 Å². The average molecular weight is 665 g/mol. The van der Waals surface area contributed by atoms with E-state index >= 15 is 0 Å². The fraction of sp³-hybridized carbons (Fsp3) is 0.143. The Morgan fingerprint density at radius 1 is 0.667 bits per heavy atom. The van der Waals surface area contributed by atoms with Crippen molar-refractivity contribution >= 4 is 56.1 Å². The Morgan fingerprint density at radius 2 is 1.07 bits per heavy atom. The third kappa shape index (κ3) is 5.26. The van der Waals surface area contributed by atoms with E-state index in [-0.39, 0.29) is 0 Å². The first-order valence-electron chi connectivity index (χ1n) is 8.42. The van der Waals surface area contributed by atoms with Gasteiger partial charge in [-0.25, -0.2) is 0 Å². The standard InChI is InChI=1S/C21H13F6I2S/c1-12-10-15(28)11-18(29)19(12)30(16-6-2-13(3-7-16)20(22,23)24)17-8-4-14(5-9-17)21(25,26)27/h2-11H,1H3/q+1. The minimum absolute atomic E-state index is 0.602. The molecule has 0 aliphatic rings. The molecule has 0 amide bonds. The Balaban J connectivity index is 2.18. The topological polar surface area (TPSA) is 0 Å². The summed E-state index contributed by atoms with van der Waals surface area (Å²) in [6, 6.07) is 13.5. The van der Waals surface area contributed by atoms with E-state index in [0.29, 0.717) is 9.79 Å². The van der Waals surface area contributed by atoms with E-state index in [1.54, 1.807) is 0 Å². The van der Waals surface area contributed by atoms with Crippen LogP contribution in [0, 0.1) is 14.1 Å². The Kier molecular flexibility index (Phi) is 7.03. The second-order valence-corrected chi connectivity index (χ2v) is 10.8. The largest absolute Gasteiger partial charge is 0.416 e. The van der Waals surface area contributed by atoms with Gasteiger partial charge in [0.05, 0.1) is 14.7 Å². The predicted molar refractivity (Wildman–Crippen MR) is 122 cm³/mol. The van der Waals surface area contributed by atoms with Crippen molar-refractivity contribution in [3.8, 4) is 0 Å². The van der Waals surface area contributed by atoms with Crippen LogP contribution in [0.5, 0.6) is 0 Å². The fourth-order valence-electron chi connectivity index (χ4n) is 2.88. The molecule has 0 aliphatic heterocycles. The minimum atomic E-state index is -4.46. The summed E-state index contributed by atoms with van der Waals surface area (Å²) < 4.78 is 79.8. The van der Waals surface area contributed by atoms with E-state index in [2.05, 4.69) is 45.2 Å². The van der Waals surface area contributed by atoms with E-state index < -0.39 is 34.4 Å². The van der Waals surface area contributed by atoms with E-state index in [4.69, 9.17) is 0 Å². The molecule has 3 aromatic carbocycles. The molecule has 3 rings (SSSR count). The van der Waals surface area contributed by atoms with Gasteiger partial charge in [-0.05, 0) is 113 Å². The van der Waals surface area contributed by atoms with Gasteiger partial charge in [0.15, 0.2) is 14.7 Å². The molecule has 0 radical (unpaired) electrons. The van der Waals surface area contributed by atoms with Gasteiger partial charge >= 0.3 is 12.4 Å². The summed E-state index contributed by atoms with van der Waals surface area (Å²) in [6.07, 6.45) is -8.92. The smallest absolute Gasteiger partial charge is 0.166 e. The van der Waals surface area contributed by atoms with Crippen LogP contribution >= 0.6 is 45.2 Å². The van der Waals surface area contributed by atoms with Crippen LogP contribution in [0.4, 0.5) is 26.3 Å². The van der Waals surface area contributed by atoms with Crippen LogP contribution in [-0.2, 0) is 23.2 Å². The molecule has 0 N–H and O–H groups in total. The molecule has 0 saturated heterocycles. The second kappa shape index (κ2) is 8.89. The van der Waals surface area contributed by atoms with Crippen LogP contribution in [0.25, 0.3) is 0 Å². The number of rotatable bonds is 3. The Labute approximate surface area is 199 Å². The number of halogens is 8. The monoisotopic (exact) mass is 665 g/mol. The van der Waals surface area contributed by atoms with Crippen molar-refractivity contribution in [2.24, 2.45) is 0 Å². The summed E-state index contributed by atoms with van der Waals surface area (Å²) in [4.78, 5) is 2.09. The quantitative estimate of drug-likeness (QED) is 0.150. The van der Waals surface area contributed by atoms with Crippen molar-refractivity contribution in [1.29, 1.82) is 0 Å². The molecule has 3 aromatic rings. The Hall–Kier alpha value is -0.950. The maximum Gasteiger partial charge on any atom is 0.416 e. The lowest BCUT2D eigenvalue weighted by Crippen LogP contribution is -2.11. The first kappa shape index (κ1) is 23.7. The number of hydrogen-bond acceptors (Lipinski definition) is 0. The molecule has 158 valence electrons. The maximum absolute atomic E-state index is 13.0. The molecule has 0 aromatic heterocycles. The predicted octanol–water partition coefficient (Wildman–Crippen LogP) is 8.34. The van der Waals surface area contributed by atoms with Gasteiger partial charge < -0.3 is 0 Å². The van der Waals surface area contributed by atoms with Gasteiger partial charge in [-0.2, -0.15) is 26.3 Å². The first-order chi connectivity index (χ1) is 13.9. The van der Waals surface area contributed by atoms with E-state index in [1.807, 2.05) is 19.1 Å². The molecule has 0 heterocycles. The number of aryl methyl sites for hydroxylation is 1. The van der Waals surface area contributed by atoms with Gasteiger partial charge in [0, 0.05) is 9.13 Å². The van der Waals surface area contributed by atoms with Crippen LogP contribution in [0.1, 0.15) is 16.7 Å². The second-order valence-electron chi connectivity index (χ2n) is 6.38. The SMILES string of the molecule is Cc1cc(I)cc(I)c1[S+](c1ccc(C(F)(F)F)cc1)c1ccc(C(F)(F)F)cc1. The first-order valence-corrected chi connectivity index (χ1v) is 11.8. The van der Waals surface area contributed by atoms with Gasteiger partial charge in [-0.3, -0.25) is 0 Å². The lowest BCUT2D eigenvalue weighted by Gasteiger charge is -2.14. The summed E-state index contributed by atoms with van der Waals surface area (Å²) in [5.74, 6) is 0. The lowest BCUT2D eigenvalue weighted by atomic mass is 10.2. The molecule has 0 bridgehead atoms. The van der Waals surface area contributed by atoms with Crippen molar-refractivity contribution in [1.82, 2.24) is 0 Å². The van der Waals surface area contributed by atoms with Crippen LogP contribution in [-0.4, -0.2) is 0 Å². The fourth-order valence-corrected chi connectivity index (χ4v) is 7.87. The molecule has 0 spiro atoms. The van der Waals surface area contributed by atoms with Gasteiger partial charge in [-0.15, -0.1) is 0 Å². The molecular weight excluding hydrogens is 652 g/mol. The van der Waals surface area contributed by atoms with Crippen molar-refractivity contribution in [3.63, 3.8) is 0 Å².